The van der Waals surface area contributed by atoms with Crippen molar-refractivity contribution in [2.24, 2.45) is 22.7 Å². The molecular weight excluding hydrogens is 402 g/mol. The largest absolute Gasteiger partial charge is 0.457 e. The Labute approximate surface area is 189 Å². The van der Waals surface area contributed by atoms with Gasteiger partial charge in [-0.15, -0.1) is 0 Å². The van der Waals surface area contributed by atoms with Crippen LogP contribution in [0.4, 0.5) is 0 Å². The smallest absolute Gasteiger partial charge is 0.311 e. The fraction of sp³-hybridized carbons (Fsp3) is 0.370. The first-order valence-electron chi connectivity index (χ1n) is 10.7. The number of hydrogen-bond acceptors (Lipinski definition) is 5. The number of ketones is 1. The van der Waals surface area contributed by atoms with Crippen LogP contribution in [0.15, 0.2) is 66.7 Å². The van der Waals surface area contributed by atoms with E-state index in [0.717, 1.165) is 0 Å². The summed E-state index contributed by atoms with van der Waals surface area (Å²) in [6.07, 6.45) is 2.32. The lowest BCUT2D eigenvalue weighted by Crippen LogP contribution is -2.17. The average molecular weight is 432 g/mol. The Morgan fingerprint density at radius 3 is 2.34 bits per heavy atom. The van der Waals surface area contributed by atoms with E-state index in [4.69, 9.17) is 9.47 Å². The van der Waals surface area contributed by atoms with Crippen molar-refractivity contribution in [1.82, 2.24) is 0 Å². The predicted octanol–water partition coefficient (Wildman–Crippen LogP) is 6.03. The summed E-state index contributed by atoms with van der Waals surface area (Å²) >= 11 is 0. The highest BCUT2D eigenvalue weighted by molar-refractivity contribution is 5.94. The van der Waals surface area contributed by atoms with Crippen LogP contribution in [0.5, 0.6) is 11.5 Å². The van der Waals surface area contributed by atoms with Gasteiger partial charge in [-0.3, -0.25) is 9.59 Å². The van der Waals surface area contributed by atoms with Gasteiger partial charge >= 0.3 is 5.97 Å². The van der Waals surface area contributed by atoms with Crippen LogP contribution in [0.25, 0.3) is 0 Å². The zero-order valence-corrected chi connectivity index (χ0v) is 19.2. The number of rotatable bonds is 7. The molecule has 0 heterocycles. The van der Waals surface area contributed by atoms with Gasteiger partial charge in [0.1, 0.15) is 17.6 Å². The number of esters is 1. The first-order chi connectivity index (χ1) is 15.0. The summed E-state index contributed by atoms with van der Waals surface area (Å²) in [5.74, 6) is 0.304. The zero-order chi connectivity index (χ0) is 23.5. The number of nitrogens with zero attached hydrogens (tertiary/aromatic N) is 1. The fourth-order valence-corrected chi connectivity index (χ4v) is 3.65. The molecule has 0 saturated heterocycles. The van der Waals surface area contributed by atoms with Crippen LogP contribution >= 0.6 is 0 Å². The number of para-hydroxylation sites is 1. The first kappa shape index (κ1) is 23.3. The molecule has 0 bridgehead atoms. The first-order valence-corrected chi connectivity index (χ1v) is 10.7. The van der Waals surface area contributed by atoms with Crippen molar-refractivity contribution >= 4 is 11.8 Å². The minimum absolute atomic E-state index is 0.0115. The second-order valence-corrected chi connectivity index (χ2v) is 9.73. The molecule has 1 saturated carbocycles. The monoisotopic (exact) mass is 431 g/mol. The maximum Gasteiger partial charge on any atom is 0.311 e. The average Bonchev–Trinajstić information content (AvgIpc) is 3.30. The van der Waals surface area contributed by atoms with Crippen molar-refractivity contribution in [2.75, 3.05) is 0 Å². The Morgan fingerprint density at radius 2 is 1.72 bits per heavy atom. The SMILES string of the molecule is CC(C)(C)C(=O)C=C[C@H]1[C@@H](C(=O)O[C@H](C#N)c2cccc(Oc3ccccc3)c2)C1(C)C. The fourth-order valence-electron chi connectivity index (χ4n) is 3.65. The van der Waals surface area contributed by atoms with Gasteiger partial charge < -0.3 is 9.47 Å². The molecule has 5 nitrogen and oxygen atoms in total. The highest BCUT2D eigenvalue weighted by atomic mass is 16.5. The van der Waals surface area contributed by atoms with E-state index in [1.54, 1.807) is 36.4 Å². The molecule has 32 heavy (non-hydrogen) atoms. The van der Waals surface area contributed by atoms with Crippen molar-refractivity contribution in [3.63, 3.8) is 0 Å². The number of benzene rings is 2. The quantitative estimate of drug-likeness (QED) is 0.395. The van der Waals surface area contributed by atoms with Gasteiger partial charge in [-0.25, -0.2) is 0 Å². The minimum atomic E-state index is -1.04. The number of carbonyl (C=O) groups excluding carboxylic acids is 2. The van der Waals surface area contributed by atoms with Gasteiger partial charge in [-0.2, -0.15) is 5.26 Å². The van der Waals surface area contributed by atoms with Gasteiger partial charge in [0.25, 0.3) is 0 Å². The molecule has 2 aromatic carbocycles. The van der Waals surface area contributed by atoms with E-state index in [1.165, 1.54) is 0 Å². The summed E-state index contributed by atoms with van der Waals surface area (Å²) in [5.41, 5.74) is -0.253. The molecule has 2 aromatic rings. The Bertz CT molecular complexity index is 1060. The third-order valence-electron chi connectivity index (χ3n) is 5.85. The summed E-state index contributed by atoms with van der Waals surface area (Å²) in [6.45, 7) is 9.50. The van der Waals surface area contributed by atoms with Crippen LogP contribution in [0.1, 0.15) is 46.3 Å². The second kappa shape index (κ2) is 9.00. The molecule has 166 valence electrons. The number of allylic oxidation sites excluding steroid dienone is 2. The Balaban J connectivity index is 1.69. The lowest BCUT2D eigenvalue weighted by molar-refractivity contribution is -0.149. The van der Waals surface area contributed by atoms with E-state index in [0.29, 0.717) is 17.1 Å². The van der Waals surface area contributed by atoms with E-state index >= 15 is 0 Å². The van der Waals surface area contributed by atoms with Gasteiger partial charge in [0.15, 0.2) is 5.78 Å². The summed E-state index contributed by atoms with van der Waals surface area (Å²) in [5, 5.41) is 9.65. The molecule has 1 aliphatic rings. The standard InChI is InChI=1S/C27H29NO4/c1-26(2,3)23(29)15-14-21-24(27(21,4)5)25(30)32-22(17-28)18-10-9-13-20(16-18)31-19-11-7-6-8-12-19/h6-16,21-22,24H,1-5H3/t21-,22+,24-/m0/s1. The van der Waals surface area contributed by atoms with E-state index in [9.17, 15) is 14.9 Å². The zero-order valence-electron chi connectivity index (χ0n) is 19.2. The Hall–Kier alpha value is -3.39. The lowest BCUT2D eigenvalue weighted by atomic mass is 9.90. The molecule has 1 aliphatic carbocycles. The molecule has 0 aromatic heterocycles. The van der Waals surface area contributed by atoms with Crippen LogP contribution < -0.4 is 4.74 Å². The van der Waals surface area contributed by atoms with Gasteiger partial charge in [-0.05, 0) is 41.7 Å². The molecule has 0 unspecified atom stereocenters. The van der Waals surface area contributed by atoms with Crippen molar-refractivity contribution < 1.29 is 19.1 Å². The highest BCUT2D eigenvalue weighted by Crippen LogP contribution is 2.59. The summed E-state index contributed by atoms with van der Waals surface area (Å²) in [6, 6.07) is 18.4. The predicted molar refractivity (Wildman–Crippen MR) is 122 cm³/mol. The van der Waals surface area contributed by atoms with Crippen LogP contribution in [-0.2, 0) is 14.3 Å². The number of carbonyl (C=O) groups is 2. The molecule has 0 aliphatic heterocycles. The second-order valence-electron chi connectivity index (χ2n) is 9.73. The summed E-state index contributed by atoms with van der Waals surface area (Å²) in [4.78, 5) is 25.1. The molecule has 0 N–H and O–H groups in total. The molecular formula is C27H29NO4. The third kappa shape index (κ3) is 5.26. The molecule has 3 atom stereocenters. The number of ether oxygens (including phenoxy) is 2. The number of hydrogen-bond donors (Lipinski definition) is 0. The van der Waals surface area contributed by atoms with Crippen molar-refractivity contribution in [3.05, 3.63) is 72.3 Å². The van der Waals surface area contributed by atoms with Gasteiger partial charge in [0.2, 0.25) is 6.10 Å². The van der Waals surface area contributed by atoms with Crippen molar-refractivity contribution in [2.45, 2.75) is 40.7 Å². The third-order valence-corrected chi connectivity index (χ3v) is 5.85. The molecule has 0 amide bonds. The number of nitriles is 1. The van der Waals surface area contributed by atoms with Gasteiger partial charge in [-0.1, -0.05) is 71.0 Å². The lowest BCUT2D eigenvalue weighted by Gasteiger charge is -2.13. The molecule has 0 spiro atoms. The maximum atomic E-state index is 12.9. The Morgan fingerprint density at radius 1 is 1.06 bits per heavy atom. The van der Waals surface area contributed by atoms with Crippen molar-refractivity contribution in [1.29, 1.82) is 5.26 Å². The normalized spacial score (nSPS) is 20.2. The van der Waals surface area contributed by atoms with E-state index in [1.807, 2.05) is 65.0 Å². The molecule has 5 heteroatoms. The van der Waals surface area contributed by atoms with E-state index in [-0.39, 0.29) is 17.1 Å². The molecule has 3 rings (SSSR count). The van der Waals surface area contributed by atoms with Crippen LogP contribution in [0, 0.1) is 34.0 Å². The minimum Gasteiger partial charge on any atom is -0.457 e. The molecule has 0 radical (unpaired) electrons. The highest BCUT2D eigenvalue weighted by Gasteiger charge is 2.61. The van der Waals surface area contributed by atoms with Crippen molar-refractivity contribution in [3.8, 4) is 17.6 Å². The van der Waals surface area contributed by atoms with E-state index < -0.39 is 23.4 Å². The van der Waals surface area contributed by atoms with Crippen LogP contribution in [0.3, 0.4) is 0 Å². The maximum absolute atomic E-state index is 12.9. The van der Waals surface area contributed by atoms with Gasteiger partial charge in [0, 0.05) is 11.0 Å². The van der Waals surface area contributed by atoms with Gasteiger partial charge in [0.05, 0.1) is 5.92 Å². The summed E-state index contributed by atoms with van der Waals surface area (Å²) in [7, 11) is 0. The molecule has 1 fully saturated rings. The van der Waals surface area contributed by atoms with Crippen LogP contribution in [0.2, 0.25) is 0 Å². The van der Waals surface area contributed by atoms with E-state index in [2.05, 4.69) is 6.07 Å². The van der Waals surface area contributed by atoms with Crippen LogP contribution in [-0.4, -0.2) is 11.8 Å². The Kier molecular flexibility index (Phi) is 6.55. The summed E-state index contributed by atoms with van der Waals surface area (Å²) < 4.78 is 11.4. The topological polar surface area (TPSA) is 76.4 Å².